The monoisotopic (exact) mass is 478 g/mol. The van der Waals surface area contributed by atoms with E-state index in [1.807, 2.05) is 19.9 Å². The zero-order chi connectivity index (χ0) is 23.0. The highest BCUT2D eigenvalue weighted by atomic mass is 32.2. The molecule has 0 radical (unpaired) electrons. The Hall–Kier alpha value is -2.76. The van der Waals surface area contributed by atoms with Crippen molar-refractivity contribution in [3.05, 3.63) is 69.2 Å². The van der Waals surface area contributed by atoms with Crippen molar-refractivity contribution in [3.8, 4) is 0 Å². The molecule has 4 rings (SSSR count). The number of carbonyl (C=O) groups excluding carboxylic acids is 1. The Balaban J connectivity index is 1.56. The van der Waals surface area contributed by atoms with Crippen LogP contribution in [0, 0.1) is 25.5 Å². The summed E-state index contributed by atoms with van der Waals surface area (Å²) >= 11 is 0.978. The normalized spacial score (nSPS) is 16.9. The van der Waals surface area contributed by atoms with Crippen LogP contribution in [0.3, 0.4) is 0 Å². The lowest BCUT2D eigenvalue weighted by atomic mass is 10.2. The van der Waals surface area contributed by atoms with Crippen molar-refractivity contribution in [1.29, 1.82) is 0 Å². The number of nitrogens with zero attached hydrogens (tertiary/aromatic N) is 3. The number of amides is 1. The van der Waals surface area contributed by atoms with Crippen molar-refractivity contribution >= 4 is 33.0 Å². The van der Waals surface area contributed by atoms with Crippen LogP contribution in [0.5, 0.6) is 0 Å². The number of rotatable bonds is 5. The van der Waals surface area contributed by atoms with Gasteiger partial charge in [-0.3, -0.25) is 4.79 Å². The molecular formula is C21H20F2N4O3S2. The predicted molar refractivity (Wildman–Crippen MR) is 116 cm³/mol. The van der Waals surface area contributed by atoms with Gasteiger partial charge in [-0.1, -0.05) is 17.4 Å². The van der Waals surface area contributed by atoms with E-state index in [2.05, 4.69) is 15.5 Å². The molecule has 1 amide bonds. The van der Waals surface area contributed by atoms with E-state index in [4.69, 9.17) is 0 Å². The van der Waals surface area contributed by atoms with E-state index >= 15 is 0 Å². The minimum atomic E-state index is -3.75. The second-order valence-corrected chi connectivity index (χ2v) is 10.5. The second kappa shape index (κ2) is 8.64. The van der Waals surface area contributed by atoms with Gasteiger partial charge in [-0.2, -0.15) is 4.31 Å². The van der Waals surface area contributed by atoms with Gasteiger partial charge >= 0.3 is 0 Å². The fourth-order valence-corrected chi connectivity index (χ4v) is 6.51. The zero-order valence-electron chi connectivity index (χ0n) is 17.3. The third-order valence-electron chi connectivity index (χ3n) is 5.10. The number of anilines is 1. The lowest BCUT2D eigenvalue weighted by molar-refractivity contribution is 0.102. The number of benzene rings is 2. The Labute approximate surface area is 188 Å². The maximum atomic E-state index is 13.4. The molecule has 0 bridgehead atoms. The van der Waals surface area contributed by atoms with E-state index in [0.29, 0.717) is 24.4 Å². The van der Waals surface area contributed by atoms with Crippen LogP contribution in [0.1, 0.15) is 44.8 Å². The van der Waals surface area contributed by atoms with E-state index in [-0.39, 0.29) is 15.6 Å². The van der Waals surface area contributed by atoms with Crippen LogP contribution >= 0.6 is 11.3 Å². The molecule has 11 heteroatoms. The van der Waals surface area contributed by atoms with Crippen molar-refractivity contribution in [3.63, 3.8) is 0 Å². The average molecular weight is 479 g/mol. The van der Waals surface area contributed by atoms with E-state index in [1.165, 1.54) is 10.4 Å². The SMILES string of the molecule is Cc1cc(C)cc(S(=O)(=O)N2CCCC2c2nnc(C(=O)Nc3ccc(F)c(F)c3)s2)c1. The predicted octanol–water partition coefficient (Wildman–Crippen LogP) is 4.21. The molecule has 0 saturated carbocycles. The summed E-state index contributed by atoms with van der Waals surface area (Å²) in [6.45, 7) is 4.03. The quantitative estimate of drug-likeness (QED) is 0.593. The number of carbonyl (C=O) groups is 1. The van der Waals surface area contributed by atoms with Crippen LogP contribution in [-0.2, 0) is 10.0 Å². The molecule has 1 atom stereocenters. The van der Waals surface area contributed by atoms with Gasteiger partial charge in [0.25, 0.3) is 5.91 Å². The van der Waals surface area contributed by atoms with E-state index in [9.17, 15) is 22.0 Å². The lowest BCUT2D eigenvalue weighted by Crippen LogP contribution is -2.30. The van der Waals surface area contributed by atoms with Gasteiger partial charge in [0.15, 0.2) is 11.6 Å². The molecular weight excluding hydrogens is 458 g/mol. The van der Waals surface area contributed by atoms with Gasteiger partial charge in [-0.25, -0.2) is 17.2 Å². The number of hydrogen-bond acceptors (Lipinski definition) is 6. The lowest BCUT2D eigenvalue weighted by Gasteiger charge is -2.22. The number of halogens is 2. The fraction of sp³-hybridized carbons (Fsp3) is 0.286. The number of nitrogens with one attached hydrogen (secondary N) is 1. The number of aryl methyl sites for hydroxylation is 2. The number of aromatic nitrogens is 2. The largest absolute Gasteiger partial charge is 0.320 e. The first-order chi connectivity index (χ1) is 15.1. The molecule has 32 heavy (non-hydrogen) atoms. The molecule has 3 aromatic rings. The highest BCUT2D eigenvalue weighted by Crippen LogP contribution is 2.38. The molecule has 1 aliphatic rings. The summed E-state index contributed by atoms with van der Waals surface area (Å²) in [6.07, 6.45) is 1.22. The smallest absolute Gasteiger partial charge is 0.286 e. The third-order valence-corrected chi connectivity index (χ3v) is 8.01. The van der Waals surface area contributed by atoms with E-state index in [0.717, 1.165) is 34.6 Å². The maximum Gasteiger partial charge on any atom is 0.286 e. The van der Waals surface area contributed by atoms with E-state index in [1.54, 1.807) is 12.1 Å². The van der Waals surface area contributed by atoms with Gasteiger partial charge in [-0.15, -0.1) is 10.2 Å². The van der Waals surface area contributed by atoms with Crippen LogP contribution in [0.4, 0.5) is 14.5 Å². The first kappa shape index (κ1) is 22.4. The Morgan fingerprint density at radius 1 is 1.09 bits per heavy atom. The van der Waals surface area contributed by atoms with Crippen LogP contribution in [0.15, 0.2) is 41.3 Å². The van der Waals surface area contributed by atoms with Gasteiger partial charge in [0.2, 0.25) is 15.0 Å². The Kier molecular flexibility index (Phi) is 6.06. The Morgan fingerprint density at radius 3 is 2.50 bits per heavy atom. The van der Waals surface area contributed by atoms with Gasteiger partial charge < -0.3 is 5.32 Å². The van der Waals surface area contributed by atoms with Crippen LogP contribution in [-0.4, -0.2) is 35.4 Å². The summed E-state index contributed by atoms with van der Waals surface area (Å²) in [5.41, 5.74) is 1.78. The standard InChI is InChI=1S/C21H20F2N4O3S2/c1-12-8-13(2)10-15(9-12)32(29,30)27-7-3-4-18(27)20-25-26-21(31-20)19(28)24-14-5-6-16(22)17(23)11-14/h5-6,8-11,18H,3-4,7H2,1-2H3,(H,24,28). The van der Waals surface area contributed by atoms with Crippen LogP contribution in [0.2, 0.25) is 0 Å². The van der Waals surface area contributed by atoms with Crippen LogP contribution < -0.4 is 5.32 Å². The molecule has 2 aromatic carbocycles. The van der Waals surface area contributed by atoms with Gasteiger partial charge in [-0.05, 0) is 62.1 Å². The number of hydrogen-bond donors (Lipinski definition) is 1. The molecule has 168 valence electrons. The summed E-state index contributed by atoms with van der Waals surface area (Å²) in [5.74, 6) is -2.74. The van der Waals surface area contributed by atoms with Crippen molar-refractivity contribution in [2.24, 2.45) is 0 Å². The van der Waals surface area contributed by atoms with Crippen LogP contribution in [0.25, 0.3) is 0 Å². The summed E-state index contributed by atoms with van der Waals surface area (Å²) in [5, 5.41) is 10.8. The fourth-order valence-electron chi connectivity index (χ4n) is 3.71. The molecule has 2 heterocycles. The summed E-state index contributed by atoms with van der Waals surface area (Å²) < 4.78 is 54.4. The zero-order valence-corrected chi connectivity index (χ0v) is 18.9. The molecule has 1 N–H and O–H groups in total. The van der Waals surface area contributed by atoms with Gasteiger partial charge in [0.05, 0.1) is 10.9 Å². The first-order valence-electron chi connectivity index (χ1n) is 9.85. The molecule has 0 spiro atoms. The van der Waals surface area contributed by atoms with Crippen molar-refractivity contribution in [2.75, 3.05) is 11.9 Å². The highest BCUT2D eigenvalue weighted by molar-refractivity contribution is 7.89. The maximum absolute atomic E-state index is 13.4. The van der Waals surface area contributed by atoms with Crippen molar-refractivity contribution in [2.45, 2.75) is 37.6 Å². The Bertz CT molecular complexity index is 1270. The second-order valence-electron chi connectivity index (χ2n) is 7.63. The van der Waals surface area contributed by atoms with Crippen molar-refractivity contribution < 1.29 is 22.0 Å². The van der Waals surface area contributed by atoms with Gasteiger partial charge in [0.1, 0.15) is 5.01 Å². The highest BCUT2D eigenvalue weighted by Gasteiger charge is 2.38. The van der Waals surface area contributed by atoms with Crippen molar-refractivity contribution in [1.82, 2.24) is 14.5 Å². The average Bonchev–Trinajstić information content (AvgIpc) is 3.39. The molecule has 7 nitrogen and oxygen atoms in total. The summed E-state index contributed by atoms with van der Waals surface area (Å²) in [7, 11) is -3.75. The third kappa shape index (κ3) is 4.41. The Morgan fingerprint density at radius 2 is 1.81 bits per heavy atom. The minimum absolute atomic E-state index is 0.000353. The first-order valence-corrected chi connectivity index (χ1v) is 12.1. The van der Waals surface area contributed by atoms with E-state index < -0.39 is 33.6 Å². The number of sulfonamides is 1. The molecule has 1 aliphatic heterocycles. The molecule has 1 unspecified atom stereocenters. The molecule has 1 saturated heterocycles. The topological polar surface area (TPSA) is 92.3 Å². The van der Waals surface area contributed by atoms with Gasteiger partial charge in [0, 0.05) is 18.3 Å². The molecule has 1 fully saturated rings. The summed E-state index contributed by atoms with van der Waals surface area (Å²) in [4.78, 5) is 12.7. The summed E-state index contributed by atoms with van der Waals surface area (Å²) in [6, 6.07) is 7.66. The molecule has 0 aliphatic carbocycles. The minimum Gasteiger partial charge on any atom is -0.320 e. The molecule has 1 aromatic heterocycles.